The minimum Gasteiger partial charge on any atom is -0.369 e. The fourth-order valence-corrected chi connectivity index (χ4v) is 4.41. The van der Waals surface area contributed by atoms with Crippen LogP contribution in [0, 0.1) is 0 Å². The minimum atomic E-state index is -0.490. The molecule has 11 heteroatoms. The van der Waals surface area contributed by atoms with Crippen LogP contribution in [0.3, 0.4) is 0 Å². The molecule has 1 amide bonds. The van der Waals surface area contributed by atoms with E-state index in [9.17, 15) is 14.4 Å². The summed E-state index contributed by atoms with van der Waals surface area (Å²) in [5, 5.41) is 4.51. The molecule has 0 atom stereocenters. The molecule has 0 spiro atoms. The van der Waals surface area contributed by atoms with Gasteiger partial charge in [-0.25, -0.2) is 9.78 Å². The van der Waals surface area contributed by atoms with Crippen molar-refractivity contribution < 1.29 is 4.79 Å². The van der Waals surface area contributed by atoms with Crippen molar-refractivity contribution >= 4 is 27.8 Å². The lowest BCUT2D eigenvalue weighted by Gasteiger charge is -2.32. The van der Waals surface area contributed by atoms with E-state index >= 15 is 0 Å². The van der Waals surface area contributed by atoms with Gasteiger partial charge in [0, 0.05) is 44.1 Å². The standard InChI is InChI=1S/C21H22N8O3/c1-27-10-12(8-24-27)15-2-3-16-18(25-15)19-14(9-23-16)20(31)26-21(32)29(19)13-4-6-28(7-5-13)11-17(22)30/h2-3,8-10,13H,4-7,11H2,1H3,(H2,22,30)(H,26,31,32). The Morgan fingerprint density at radius 3 is 2.69 bits per heavy atom. The molecule has 1 saturated heterocycles. The third-order valence-electron chi connectivity index (χ3n) is 5.91. The second-order valence-corrected chi connectivity index (χ2v) is 8.09. The van der Waals surface area contributed by atoms with E-state index in [0.29, 0.717) is 53.6 Å². The number of hydrogen-bond acceptors (Lipinski definition) is 7. The maximum atomic E-state index is 13.0. The lowest BCUT2D eigenvalue weighted by molar-refractivity contribution is -0.119. The molecule has 0 aliphatic carbocycles. The molecular formula is C21H22N8O3. The van der Waals surface area contributed by atoms with Crippen molar-refractivity contribution in [1.29, 1.82) is 0 Å². The van der Waals surface area contributed by atoms with Crippen molar-refractivity contribution in [3.05, 3.63) is 51.6 Å². The van der Waals surface area contributed by atoms with Crippen LogP contribution in [0.1, 0.15) is 18.9 Å². The summed E-state index contributed by atoms with van der Waals surface area (Å²) in [7, 11) is 1.82. The Balaban J connectivity index is 1.68. The predicted molar refractivity (Wildman–Crippen MR) is 118 cm³/mol. The summed E-state index contributed by atoms with van der Waals surface area (Å²) in [5.41, 5.74) is 7.41. The quantitative estimate of drug-likeness (QED) is 0.435. The topological polar surface area (TPSA) is 145 Å². The Bertz CT molecular complexity index is 1460. The highest BCUT2D eigenvalue weighted by molar-refractivity contribution is 6.01. The van der Waals surface area contributed by atoms with Crippen molar-refractivity contribution in [1.82, 2.24) is 34.2 Å². The number of nitrogens with one attached hydrogen (secondary N) is 1. The summed E-state index contributed by atoms with van der Waals surface area (Å²) in [5.74, 6) is -0.376. The molecular weight excluding hydrogens is 412 g/mol. The SMILES string of the molecule is Cn1cc(-c2ccc3ncc4c(=O)[nH]c(=O)n(C5CCN(CC(N)=O)CC5)c4c3n2)cn1. The molecule has 4 aromatic rings. The fourth-order valence-electron chi connectivity index (χ4n) is 4.41. The average Bonchev–Trinajstić information content (AvgIpc) is 3.20. The number of carbonyl (C=O) groups is 1. The first-order chi connectivity index (χ1) is 15.4. The number of amides is 1. The van der Waals surface area contributed by atoms with Gasteiger partial charge in [-0.15, -0.1) is 0 Å². The van der Waals surface area contributed by atoms with Gasteiger partial charge in [-0.1, -0.05) is 0 Å². The molecule has 5 rings (SSSR count). The van der Waals surface area contributed by atoms with E-state index < -0.39 is 11.2 Å². The molecule has 0 bridgehead atoms. The van der Waals surface area contributed by atoms with E-state index in [1.165, 1.54) is 6.20 Å². The molecule has 11 nitrogen and oxygen atoms in total. The summed E-state index contributed by atoms with van der Waals surface area (Å²) < 4.78 is 3.31. The van der Waals surface area contributed by atoms with Crippen molar-refractivity contribution in [2.45, 2.75) is 18.9 Å². The van der Waals surface area contributed by atoms with Gasteiger partial charge in [-0.05, 0) is 25.0 Å². The van der Waals surface area contributed by atoms with Crippen LogP contribution in [0.2, 0.25) is 0 Å². The molecule has 4 aromatic heterocycles. The van der Waals surface area contributed by atoms with Gasteiger partial charge < -0.3 is 5.73 Å². The summed E-state index contributed by atoms with van der Waals surface area (Å²) in [6.45, 7) is 1.44. The normalized spacial score (nSPS) is 15.5. The zero-order valence-electron chi connectivity index (χ0n) is 17.5. The molecule has 0 saturated carbocycles. The Kier molecular flexibility index (Phi) is 4.82. The van der Waals surface area contributed by atoms with Crippen LogP contribution in [0.5, 0.6) is 0 Å². The molecule has 0 radical (unpaired) electrons. The van der Waals surface area contributed by atoms with Gasteiger partial charge in [0.2, 0.25) is 5.91 Å². The Hall–Kier alpha value is -3.86. The molecule has 0 unspecified atom stereocenters. The van der Waals surface area contributed by atoms with Gasteiger partial charge in [-0.2, -0.15) is 5.10 Å². The van der Waals surface area contributed by atoms with E-state index in [1.807, 2.05) is 30.3 Å². The van der Waals surface area contributed by atoms with Crippen LogP contribution < -0.4 is 17.0 Å². The molecule has 5 heterocycles. The van der Waals surface area contributed by atoms with Gasteiger partial charge in [0.1, 0.15) is 5.52 Å². The molecule has 1 aliphatic heterocycles. The predicted octanol–water partition coefficient (Wildman–Crippen LogP) is 0.156. The van der Waals surface area contributed by atoms with Gasteiger partial charge in [0.05, 0.1) is 34.9 Å². The first-order valence-electron chi connectivity index (χ1n) is 10.3. The van der Waals surface area contributed by atoms with Gasteiger partial charge in [0.15, 0.2) is 0 Å². The first-order valence-corrected chi connectivity index (χ1v) is 10.3. The highest BCUT2D eigenvalue weighted by Crippen LogP contribution is 2.28. The fraction of sp³-hybridized carbons (Fsp3) is 0.333. The maximum Gasteiger partial charge on any atom is 0.329 e. The van der Waals surface area contributed by atoms with Crippen molar-refractivity contribution in [2.24, 2.45) is 12.8 Å². The summed E-state index contributed by atoms with van der Waals surface area (Å²) in [6.07, 6.45) is 6.32. The van der Waals surface area contributed by atoms with Crippen LogP contribution in [-0.2, 0) is 11.8 Å². The van der Waals surface area contributed by atoms with Crippen molar-refractivity contribution in [3.8, 4) is 11.3 Å². The molecule has 1 aliphatic rings. The molecule has 3 N–H and O–H groups in total. The molecule has 32 heavy (non-hydrogen) atoms. The number of pyridine rings is 2. The van der Waals surface area contributed by atoms with Crippen LogP contribution >= 0.6 is 0 Å². The van der Waals surface area contributed by atoms with Gasteiger partial charge in [-0.3, -0.25) is 33.7 Å². The average molecular weight is 434 g/mol. The molecule has 1 fully saturated rings. The van der Waals surface area contributed by atoms with E-state index in [2.05, 4.69) is 15.1 Å². The lowest BCUT2D eigenvalue weighted by Crippen LogP contribution is -2.42. The number of primary amides is 1. The van der Waals surface area contributed by atoms with E-state index in [0.717, 1.165) is 5.56 Å². The number of aryl methyl sites for hydroxylation is 1. The van der Waals surface area contributed by atoms with Crippen LogP contribution in [0.15, 0.2) is 40.3 Å². The first kappa shape index (κ1) is 20.1. The monoisotopic (exact) mass is 434 g/mol. The second-order valence-electron chi connectivity index (χ2n) is 8.09. The van der Waals surface area contributed by atoms with E-state index in [1.54, 1.807) is 15.4 Å². The summed E-state index contributed by atoms with van der Waals surface area (Å²) in [6, 6.07) is 3.52. The van der Waals surface area contributed by atoms with E-state index in [4.69, 9.17) is 10.7 Å². The zero-order chi connectivity index (χ0) is 22.4. The third-order valence-corrected chi connectivity index (χ3v) is 5.91. The highest BCUT2D eigenvalue weighted by Gasteiger charge is 2.25. The number of fused-ring (bicyclic) bond motifs is 3. The smallest absolute Gasteiger partial charge is 0.329 e. The number of hydrogen-bond donors (Lipinski definition) is 2. The Morgan fingerprint density at radius 1 is 1.22 bits per heavy atom. The maximum absolute atomic E-state index is 13.0. The number of nitrogens with zero attached hydrogens (tertiary/aromatic N) is 6. The molecule has 164 valence electrons. The number of nitrogens with two attached hydrogens (primary N) is 1. The Morgan fingerprint density at radius 2 is 2.00 bits per heavy atom. The zero-order valence-corrected chi connectivity index (χ0v) is 17.5. The lowest BCUT2D eigenvalue weighted by atomic mass is 10.0. The van der Waals surface area contributed by atoms with Crippen molar-refractivity contribution in [3.63, 3.8) is 0 Å². The van der Waals surface area contributed by atoms with Crippen LogP contribution in [-0.4, -0.2) is 59.7 Å². The number of aromatic nitrogens is 6. The molecule has 0 aromatic carbocycles. The van der Waals surface area contributed by atoms with Crippen molar-refractivity contribution in [2.75, 3.05) is 19.6 Å². The number of carbonyl (C=O) groups excluding carboxylic acids is 1. The highest BCUT2D eigenvalue weighted by atomic mass is 16.2. The summed E-state index contributed by atoms with van der Waals surface area (Å²) in [4.78, 5) is 50.4. The van der Waals surface area contributed by atoms with Gasteiger partial charge in [0.25, 0.3) is 5.56 Å². The summed E-state index contributed by atoms with van der Waals surface area (Å²) >= 11 is 0. The number of likely N-dealkylation sites (tertiary alicyclic amines) is 1. The van der Waals surface area contributed by atoms with Crippen LogP contribution in [0.4, 0.5) is 0 Å². The number of aromatic amines is 1. The third kappa shape index (κ3) is 3.46. The number of H-pyrrole nitrogens is 1. The van der Waals surface area contributed by atoms with Gasteiger partial charge >= 0.3 is 5.69 Å². The largest absolute Gasteiger partial charge is 0.369 e. The number of rotatable bonds is 4. The Labute approximate surface area is 181 Å². The second kappa shape index (κ2) is 7.68. The minimum absolute atomic E-state index is 0.152. The van der Waals surface area contributed by atoms with E-state index in [-0.39, 0.29) is 18.5 Å². The number of piperidine rings is 1. The van der Waals surface area contributed by atoms with Crippen LogP contribution in [0.25, 0.3) is 33.2 Å².